The van der Waals surface area contributed by atoms with Crippen LogP contribution in [0.1, 0.15) is 47.5 Å². The molecule has 0 aromatic heterocycles. The van der Waals surface area contributed by atoms with Crippen molar-refractivity contribution in [2.45, 2.75) is 59.8 Å². The fraction of sp³-hybridized carbons (Fsp3) is 0.706. The van der Waals surface area contributed by atoms with Crippen molar-refractivity contribution >= 4 is 30.0 Å². The van der Waals surface area contributed by atoms with E-state index in [0.717, 1.165) is 7.11 Å². The molecule has 152 valence electrons. The highest BCUT2D eigenvalue weighted by Crippen LogP contribution is 2.19. The van der Waals surface area contributed by atoms with Crippen LogP contribution >= 0.6 is 0 Å². The number of nitrogens with zero attached hydrogens (tertiary/aromatic N) is 2. The second-order valence-corrected chi connectivity index (χ2v) is 7.14. The van der Waals surface area contributed by atoms with E-state index in [1.165, 1.54) is 0 Å². The summed E-state index contributed by atoms with van der Waals surface area (Å²) >= 11 is 0. The normalized spacial score (nSPS) is 13.0. The molecule has 0 saturated heterocycles. The van der Waals surface area contributed by atoms with Crippen LogP contribution in [0.5, 0.6) is 0 Å². The number of amides is 1. The molecule has 0 radical (unpaired) electrons. The zero-order valence-corrected chi connectivity index (χ0v) is 16.5. The Labute approximate surface area is 158 Å². The van der Waals surface area contributed by atoms with E-state index in [2.05, 4.69) is 14.8 Å². The lowest BCUT2D eigenvalue weighted by Crippen LogP contribution is -2.44. The minimum atomic E-state index is -1.16. The maximum Gasteiger partial charge on any atom is 0.410 e. The van der Waals surface area contributed by atoms with Gasteiger partial charge in [-0.1, -0.05) is 13.8 Å². The maximum atomic E-state index is 12.1. The van der Waals surface area contributed by atoms with Crippen LogP contribution in [-0.4, -0.2) is 54.3 Å². The van der Waals surface area contributed by atoms with Crippen LogP contribution in [0.25, 0.3) is 5.53 Å². The number of nitrogens with one attached hydrogen (secondary N) is 1. The average molecular weight is 385 g/mol. The fourth-order valence-corrected chi connectivity index (χ4v) is 1.67. The second kappa shape index (κ2) is 11.1. The molecule has 0 fully saturated rings. The summed E-state index contributed by atoms with van der Waals surface area (Å²) in [5, 5.41) is 2.28. The Hall–Kier alpha value is -2.74. The first-order valence-corrected chi connectivity index (χ1v) is 8.38. The molecule has 1 unspecified atom stereocenters. The number of hydrogen-bond acceptors (Lipinski definition) is 7. The Morgan fingerprint density at radius 1 is 1.15 bits per heavy atom. The Bertz CT molecular complexity index is 604. The molecule has 1 amide bonds. The first kappa shape index (κ1) is 24.3. The quantitative estimate of drug-likeness (QED) is 0.208. The molecule has 0 spiro atoms. The van der Waals surface area contributed by atoms with E-state index in [1.54, 1.807) is 34.6 Å². The molecule has 0 heterocycles. The monoisotopic (exact) mass is 385 g/mol. The number of ketones is 1. The van der Waals surface area contributed by atoms with Gasteiger partial charge in [-0.25, -0.2) is 9.59 Å². The summed E-state index contributed by atoms with van der Waals surface area (Å²) in [6.07, 6.45) is -1.74. The number of alkyl carbamates (subject to hydrolysis) is 1. The number of carbonyl (C=O) groups excluding carboxylic acids is 4. The van der Waals surface area contributed by atoms with Gasteiger partial charge < -0.3 is 25.1 Å². The number of esters is 2. The Balaban J connectivity index is 4.97. The molecule has 0 saturated carbocycles. The van der Waals surface area contributed by atoms with Crippen molar-refractivity contribution in [2.75, 3.05) is 7.11 Å². The van der Waals surface area contributed by atoms with Gasteiger partial charge in [0.25, 0.3) is 6.29 Å². The van der Waals surface area contributed by atoms with Crippen LogP contribution in [0, 0.1) is 11.3 Å². The predicted octanol–water partition coefficient (Wildman–Crippen LogP) is 1.48. The summed E-state index contributed by atoms with van der Waals surface area (Å²) in [5.74, 6) is -2.21. The summed E-state index contributed by atoms with van der Waals surface area (Å²) < 4.78 is 14.9. The Kier molecular flexibility index (Phi) is 9.95. The summed E-state index contributed by atoms with van der Waals surface area (Å²) in [5.41, 5.74) is 7.53. The zero-order valence-electron chi connectivity index (χ0n) is 16.5. The minimum Gasteiger partial charge on any atom is -0.467 e. The zero-order chi connectivity index (χ0) is 21.2. The number of hydrogen-bond donors (Lipinski definition) is 1. The van der Waals surface area contributed by atoms with E-state index in [9.17, 15) is 19.2 Å². The molecular weight excluding hydrogens is 358 g/mol. The Morgan fingerprint density at radius 3 is 2.19 bits per heavy atom. The maximum absolute atomic E-state index is 12.1. The molecule has 0 aliphatic heterocycles. The highest BCUT2D eigenvalue weighted by Gasteiger charge is 2.31. The molecule has 10 nitrogen and oxygen atoms in total. The lowest BCUT2D eigenvalue weighted by atomic mass is 9.97. The van der Waals surface area contributed by atoms with Crippen LogP contribution in [-0.2, 0) is 28.6 Å². The fourth-order valence-electron chi connectivity index (χ4n) is 1.67. The van der Waals surface area contributed by atoms with Crippen molar-refractivity contribution in [3.63, 3.8) is 0 Å². The van der Waals surface area contributed by atoms with Crippen molar-refractivity contribution < 1.29 is 38.2 Å². The lowest BCUT2D eigenvalue weighted by molar-refractivity contribution is -0.184. The summed E-state index contributed by atoms with van der Waals surface area (Å²) in [6.45, 7) is 8.36. The number of ether oxygens (including phenoxy) is 3. The van der Waals surface area contributed by atoms with Gasteiger partial charge in [0.2, 0.25) is 5.78 Å². The largest absolute Gasteiger partial charge is 0.467 e. The van der Waals surface area contributed by atoms with E-state index in [4.69, 9.17) is 15.0 Å². The van der Waals surface area contributed by atoms with E-state index >= 15 is 0 Å². The van der Waals surface area contributed by atoms with Crippen molar-refractivity contribution in [3.05, 3.63) is 5.53 Å². The lowest BCUT2D eigenvalue weighted by Gasteiger charge is -2.26. The van der Waals surface area contributed by atoms with Gasteiger partial charge in [-0.3, -0.25) is 9.59 Å². The average Bonchev–Trinajstić information content (AvgIpc) is 2.56. The molecule has 2 atom stereocenters. The molecule has 0 aromatic carbocycles. The Morgan fingerprint density at radius 2 is 1.74 bits per heavy atom. The van der Waals surface area contributed by atoms with Gasteiger partial charge in [0.15, 0.2) is 0 Å². The smallest absolute Gasteiger partial charge is 0.410 e. The molecule has 0 aliphatic rings. The van der Waals surface area contributed by atoms with Gasteiger partial charge in [-0.2, -0.15) is 4.79 Å². The predicted molar refractivity (Wildman–Crippen MR) is 93.5 cm³/mol. The first-order valence-electron chi connectivity index (χ1n) is 8.38. The summed E-state index contributed by atoms with van der Waals surface area (Å²) in [7, 11) is 1.13. The number of rotatable bonds is 9. The number of carbonyl (C=O) groups is 4. The summed E-state index contributed by atoms with van der Waals surface area (Å²) in [6, 6.07) is -1.16. The van der Waals surface area contributed by atoms with Crippen molar-refractivity contribution in [1.29, 1.82) is 0 Å². The highest BCUT2D eigenvalue weighted by atomic mass is 16.7. The van der Waals surface area contributed by atoms with Crippen molar-refractivity contribution in [1.82, 2.24) is 5.32 Å². The van der Waals surface area contributed by atoms with Crippen LogP contribution in [0.15, 0.2) is 0 Å². The van der Waals surface area contributed by atoms with E-state index < -0.39 is 41.6 Å². The van der Waals surface area contributed by atoms with Gasteiger partial charge in [0.05, 0.1) is 12.5 Å². The number of methoxy groups -OCH3 is 1. The minimum absolute atomic E-state index is 0.0965. The molecular formula is C17H27N3O7. The molecule has 0 rings (SSSR count). The third-order valence-corrected chi connectivity index (χ3v) is 3.26. The van der Waals surface area contributed by atoms with E-state index in [0.29, 0.717) is 6.21 Å². The van der Waals surface area contributed by atoms with E-state index in [1.807, 2.05) is 0 Å². The van der Waals surface area contributed by atoms with Gasteiger partial charge in [-0.05, 0) is 27.2 Å². The molecule has 0 aliphatic carbocycles. The van der Waals surface area contributed by atoms with Crippen LogP contribution in [0.3, 0.4) is 0 Å². The van der Waals surface area contributed by atoms with Gasteiger partial charge in [0.1, 0.15) is 6.04 Å². The van der Waals surface area contributed by atoms with E-state index in [-0.39, 0.29) is 18.8 Å². The van der Waals surface area contributed by atoms with Gasteiger partial charge in [-0.15, -0.1) is 0 Å². The SMILES string of the molecule is COC(=O)[C@H](CCC(=O)C=[N+]=[N-])NC(=O)OC(OC(=O)C(C)(C)C)C(C)C. The molecule has 27 heavy (non-hydrogen) atoms. The third-order valence-electron chi connectivity index (χ3n) is 3.26. The van der Waals surface area contributed by atoms with Gasteiger partial charge in [0, 0.05) is 12.3 Å². The van der Waals surface area contributed by atoms with Crippen molar-refractivity contribution in [3.8, 4) is 0 Å². The topological polar surface area (TPSA) is 144 Å². The van der Waals surface area contributed by atoms with Crippen LogP contribution in [0.2, 0.25) is 0 Å². The molecule has 10 heteroatoms. The molecule has 0 aromatic rings. The second-order valence-electron chi connectivity index (χ2n) is 7.14. The van der Waals surface area contributed by atoms with Gasteiger partial charge >= 0.3 is 24.2 Å². The molecule has 1 N–H and O–H groups in total. The van der Waals surface area contributed by atoms with Crippen LogP contribution < -0.4 is 5.32 Å². The van der Waals surface area contributed by atoms with Crippen molar-refractivity contribution in [2.24, 2.45) is 11.3 Å². The highest BCUT2D eigenvalue weighted by molar-refractivity contribution is 6.25. The standard InChI is InChI=1S/C17H27N3O7/c1-10(2)14(26-15(23)17(3,4)5)27-16(24)20-12(13(22)25-6)8-7-11(21)9-19-18/h9-10,12,14H,7-8H2,1-6H3,(H,20,24)/t12-,14?/m0/s1. The first-order chi connectivity index (χ1) is 12.4. The van der Waals surface area contributed by atoms with Crippen LogP contribution in [0.4, 0.5) is 4.79 Å². The molecule has 0 bridgehead atoms. The summed E-state index contributed by atoms with van der Waals surface area (Å²) in [4.78, 5) is 49.8. The third kappa shape index (κ3) is 9.50. The number of Topliss-reactive ketones (excluding diaryl/α,β-unsaturated/α-hetero) is 1.